The van der Waals surface area contributed by atoms with Crippen molar-refractivity contribution >= 4 is 11.6 Å². The van der Waals surface area contributed by atoms with Crippen molar-refractivity contribution in [1.82, 2.24) is 9.80 Å². The molecular formula is C9H7ClF12N2O2. The average molecular weight is 439 g/mol. The number of rotatable bonds is 6. The largest absolute Gasteiger partial charge is 0.435 e. The molecule has 17 heteroatoms. The van der Waals surface area contributed by atoms with Crippen molar-refractivity contribution in [2.75, 3.05) is 14.2 Å². The van der Waals surface area contributed by atoms with E-state index in [1.54, 1.807) is 0 Å². The molecule has 1 atom stereocenters. The molecule has 4 nitrogen and oxygen atoms in total. The van der Waals surface area contributed by atoms with Crippen LogP contribution in [-0.4, -0.2) is 66.0 Å². The molecule has 0 aromatic rings. The average Bonchev–Trinajstić information content (AvgIpc) is 2.59. The van der Waals surface area contributed by atoms with Crippen LogP contribution >= 0.6 is 11.6 Å². The summed E-state index contributed by atoms with van der Waals surface area (Å²) in [5.74, 6) is 0. The lowest BCUT2D eigenvalue weighted by molar-refractivity contribution is -0.469. The summed E-state index contributed by atoms with van der Waals surface area (Å²) in [6.45, 7) is 0. The fourth-order valence-corrected chi connectivity index (χ4v) is 2.21. The Morgan fingerprint density at radius 2 is 1.12 bits per heavy atom. The SMILES string of the molecule is COC(F)(F)C(F)(F)N1C(Cl)C(F)(F)N(C(F)(F)C(F)(F)OC)C1(F)F. The molecule has 1 aliphatic rings. The van der Waals surface area contributed by atoms with E-state index in [0.717, 1.165) is 0 Å². The van der Waals surface area contributed by atoms with Gasteiger partial charge in [0.05, 0.1) is 0 Å². The summed E-state index contributed by atoms with van der Waals surface area (Å²) in [6, 6.07) is -19.2. The third-order valence-electron chi connectivity index (χ3n) is 3.17. The molecule has 0 bridgehead atoms. The number of ether oxygens (including phenoxy) is 2. The highest BCUT2D eigenvalue weighted by molar-refractivity contribution is 6.21. The minimum atomic E-state index is -6.67. The molecule has 1 fully saturated rings. The Morgan fingerprint density at radius 3 is 1.46 bits per heavy atom. The maximum atomic E-state index is 13.9. The predicted octanol–water partition coefficient (Wildman–Crippen LogP) is 3.98. The van der Waals surface area contributed by atoms with Gasteiger partial charge in [0.15, 0.2) is 5.50 Å². The van der Waals surface area contributed by atoms with Gasteiger partial charge in [-0.25, -0.2) is 0 Å². The lowest BCUT2D eigenvalue weighted by atomic mass is 10.4. The lowest BCUT2D eigenvalue weighted by Gasteiger charge is -2.39. The van der Waals surface area contributed by atoms with Crippen molar-refractivity contribution in [3.05, 3.63) is 0 Å². The Morgan fingerprint density at radius 1 is 0.769 bits per heavy atom. The van der Waals surface area contributed by atoms with Crippen LogP contribution < -0.4 is 0 Å². The molecule has 0 radical (unpaired) electrons. The van der Waals surface area contributed by atoms with Crippen LogP contribution in [0.3, 0.4) is 0 Å². The van der Waals surface area contributed by atoms with E-state index in [9.17, 15) is 52.7 Å². The van der Waals surface area contributed by atoms with Gasteiger partial charge in [0, 0.05) is 14.2 Å². The Hall–Kier alpha value is -0.710. The fourth-order valence-electron chi connectivity index (χ4n) is 1.87. The highest BCUT2D eigenvalue weighted by Gasteiger charge is 2.87. The summed E-state index contributed by atoms with van der Waals surface area (Å²) in [4.78, 5) is -5.60. The highest BCUT2D eigenvalue weighted by Crippen LogP contribution is 2.60. The Balaban J connectivity index is 3.66. The van der Waals surface area contributed by atoms with Gasteiger partial charge in [0.25, 0.3) is 0 Å². The predicted molar refractivity (Wildman–Crippen MR) is 57.0 cm³/mol. The van der Waals surface area contributed by atoms with Crippen LogP contribution in [0.5, 0.6) is 0 Å². The van der Waals surface area contributed by atoms with Crippen LogP contribution in [-0.2, 0) is 9.47 Å². The zero-order valence-electron chi connectivity index (χ0n) is 12.2. The first-order chi connectivity index (χ1) is 11.3. The van der Waals surface area contributed by atoms with E-state index < -0.39 is 51.8 Å². The molecule has 1 saturated heterocycles. The van der Waals surface area contributed by atoms with Gasteiger partial charge in [-0.1, -0.05) is 16.5 Å². The topological polar surface area (TPSA) is 24.9 Å². The quantitative estimate of drug-likeness (QED) is 0.356. The first-order valence-corrected chi connectivity index (χ1v) is 6.31. The van der Waals surface area contributed by atoms with Gasteiger partial charge in [-0.15, -0.1) is 4.90 Å². The summed E-state index contributed by atoms with van der Waals surface area (Å²) in [5.41, 5.74) is -4.31. The molecular weight excluding hydrogens is 432 g/mol. The van der Waals surface area contributed by atoms with Crippen LogP contribution in [0.4, 0.5) is 52.7 Å². The van der Waals surface area contributed by atoms with E-state index in [-0.39, 0.29) is 14.2 Å². The molecule has 0 aromatic carbocycles. The lowest BCUT2D eigenvalue weighted by Crippen LogP contribution is -2.67. The molecule has 0 amide bonds. The van der Waals surface area contributed by atoms with E-state index in [1.165, 1.54) is 0 Å². The zero-order valence-corrected chi connectivity index (χ0v) is 13.0. The van der Waals surface area contributed by atoms with Gasteiger partial charge >= 0.3 is 36.5 Å². The van der Waals surface area contributed by atoms with E-state index in [0.29, 0.717) is 0 Å². The number of hydrogen-bond donors (Lipinski definition) is 0. The number of nitrogens with zero attached hydrogens (tertiary/aromatic N) is 2. The molecule has 156 valence electrons. The summed E-state index contributed by atoms with van der Waals surface area (Å²) < 4.78 is 167. The monoisotopic (exact) mass is 438 g/mol. The smallest absolute Gasteiger partial charge is 0.318 e. The summed E-state index contributed by atoms with van der Waals surface area (Å²) in [7, 11) is -0.362. The summed E-state index contributed by atoms with van der Waals surface area (Å²) in [6.07, 6.45) is -18.5. The molecule has 1 unspecified atom stereocenters. The van der Waals surface area contributed by atoms with Crippen molar-refractivity contribution in [1.29, 1.82) is 0 Å². The van der Waals surface area contributed by atoms with Gasteiger partial charge in [-0.05, 0) is 0 Å². The third-order valence-corrected chi connectivity index (χ3v) is 3.62. The second-order valence-corrected chi connectivity index (χ2v) is 5.08. The Kier molecular flexibility index (Phi) is 5.52. The fraction of sp³-hybridized carbons (Fsp3) is 1.00. The molecule has 0 aromatic heterocycles. The number of alkyl halides is 13. The minimum absolute atomic E-state index is 0.158. The van der Waals surface area contributed by atoms with Crippen LogP contribution in [0.1, 0.15) is 0 Å². The van der Waals surface area contributed by atoms with Gasteiger partial charge < -0.3 is 9.47 Å². The van der Waals surface area contributed by atoms with Crippen LogP contribution in [0.25, 0.3) is 0 Å². The van der Waals surface area contributed by atoms with Gasteiger partial charge in [0.2, 0.25) is 0 Å². The maximum Gasteiger partial charge on any atom is 0.435 e. The van der Waals surface area contributed by atoms with Crippen molar-refractivity contribution in [3.8, 4) is 0 Å². The van der Waals surface area contributed by atoms with Crippen molar-refractivity contribution in [3.63, 3.8) is 0 Å². The number of hydrogen-bond acceptors (Lipinski definition) is 4. The number of halogens is 13. The molecule has 26 heavy (non-hydrogen) atoms. The van der Waals surface area contributed by atoms with Crippen molar-refractivity contribution in [2.24, 2.45) is 0 Å². The van der Waals surface area contributed by atoms with Crippen molar-refractivity contribution < 1.29 is 62.2 Å². The first-order valence-electron chi connectivity index (χ1n) is 5.88. The number of methoxy groups -OCH3 is 2. The van der Waals surface area contributed by atoms with E-state index in [4.69, 9.17) is 0 Å². The second kappa shape index (κ2) is 6.15. The highest BCUT2D eigenvalue weighted by atomic mass is 35.5. The Labute approximate surface area is 141 Å². The standard InChI is InChI=1S/C9H7ClF12N2O2/c1-25-7(17,18)5(13,14)23-3(10)4(11,12)24(9(23,21)22)6(15,16)8(19,20)26-2/h3H,1-2H3. The maximum absolute atomic E-state index is 13.9. The van der Waals surface area contributed by atoms with E-state index in [1.807, 2.05) is 0 Å². The first kappa shape index (κ1) is 23.3. The molecule has 0 saturated carbocycles. The molecule has 0 spiro atoms. The van der Waals surface area contributed by atoms with E-state index in [2.05, 4.69) is 21.1 Å². The second-order valence-electron chi connectivity index (χ2n) is 4.66. The van der Waals surface area contributed by atoms with E-state index >= 15 is 0 Å². The molecule has 1 aliphatic heterocycles. The third kappa shape index (κ3) is 2.89. The molecule has 1 heterocycles. The summed E-state index contributed by atoms with van der Waals surface area (Å²) in [5, 5.41) is 0. The van der Waals surface area contributed by atoms with Crippen LogP contribution in [0.2, 0.25) is 0 Å². The van der Waals surface area contributed by atoms with Crippen molar-refractivity contribution in [2.45, 2.75) is 42.0 Å². The minimum Gasteiger partial charge on any atom is -0.318 e. The summed E-state index contributed by atoms with van der Waals surface area (Å²) >= 11 is 4.56. The van der Waals surface area contributed by atoms with Gasteiger partial charge in [-0.3, -0.25) is 0 Å². The molecule has 0 aliphatic carbocycles. The zero-order chi connectivity index (χ0) is 21.1. The van der Waals surface area contributed by atoms with Crippen LogP contribution in [0, 0.1) is 0 Å². The molecule has 0 N–H and O–H groups in total. The normalized spacial score (nSPS) is 25.7. The Bertz CT molecular complexity index is 545. The van der Waals surface area contributed by atoms with Gasteiger partial charge in [0.1, 0.15) is 0 Å². The van der Waals surface area contributed by atoms with Gasteiger partial charge in [-0.2, -0.15) is 52.7 Å². The molecule has 1 rings (SSSR count). The van der Waals surface area contributed by atoms with Crippen LogP contribution in [0.15, 0.2) is 0 Å².